The average molecular weight is 310 g/mol. The van der Waals surface area contributed by atoms with E-state index in [9.17, 15) is 4.79 Å². The molecule has 22 heavy (non-hydrogen) atoms. The van der Waals surface area contributed by atoms with Gasteiger partial charge in [0.1, 0.15) is 11.4 Å². The maximum absolute atomic E-state index is 11.9. The maximum Gasteiger partial charge on any atom is 0.413 e. The van der Waals surface area contributed by atoms with Gasteiger partial charge in [-0.25, -0.2) is 4.79 Å². The van der Waals surface area contributed by atoms with Crippen molar-refractivity contribution >= 4 is 11.9 Å². The predicted molar refractivity (Wildman–Crippen MR) is 83.7 cm³/mol. The van der Waals surface area contributed by atoms with Gasteiger partial charge in [-0.15, -0.1) is 0 Å². The largest absolute Gasteiger partial charge is 0.444 e. The van der Waals surface area contributed by atoms with Crippen LogP contribution in [0, 0.1) is 0 Å². The minimum absolute atomic E-state index is 0.291. The summed E-state index contributed by atoms with van der Waals surface area (Å²) in [5.41, 5.74) is 0.396. The number of ether oxygens (including phenoxy) is 2. The highest BCUT2D eigenvalue weighted by molar-refractivity contribution is 5.84. The Morgan fingerprint density at radius 1 is 1.55 bits per heavy atom. The first-order chi connectivity index (χ1) is 10.3. The van der Waals surface area contributed by atoms with Crippen molar-refractivity contribution in [2.24, 2.45) is 7.05 Å². The fourth-order valence-corrected chi connectivity index (χ4v) is 2.35. The molecule has 124 valence electrons. The van der Waals surface area contributed by atoms with Crippen LogP contribution in [0.1, 0.15) is 39.2 Å². The number of hydrogen-bond donors (Lipinski definition) is 2. The van der Waals surface area contributed by atoms with Gasteiger partial charge >= 0.3 is 6.09 Å². The molecule has 0 saturated carbocycles. The normalized spacial score (nSPS) is 18.5. The number of nitrogens with zero attached hydrogens (tertiary/aromatic N) is 2. The monoisotopic (exact) mass is 310 g/mol. The highest BCUT2D eigenvalue weighted by Crippen LogP contribution is 2.17. The van der Waals surface area contributed by atoms with E-state index in [2.05, 4.69) is 15.7 Å². The third kappa shape index (κ3) is 4.99. The predicted octanol–water partition coefficient (Wildman–Crippen LogP) is 2.04. The van der Waals surface area contributed by atoms with Crippen LogP contribution < -0.4 is 10.6 Å². The summed E-state index contributed by atoms with van der Waals surface area (Å²) >= 11 is 0. The van der Waals surface area contributed by atoms with Gasteiger partial charge < -0.3 is 14.8 Å². The average Bonchev–Trinajstić information content (AvgIpc) is 3.01. The highest BCUT2D eigenvalue weighted by Gasteiger charge is 2.19. The van der Waals surface area contributed by atoms with Crippen LogP contribution in [0.25, 0.3) is 0 Å². The smallest absolute Gasteiger partial charge is 0.413 e. The van der Waals surface area contributed by atoms with Gasteiger partial charge in [0.05, 0.1) is 12.3 Å². The molecule has 1 aromatic heterocycles. The molecule has 2 N–H and O–H groups in total. The van der Waals surface area contributed by atoms with Crippen LogP contribution in [0.4, 0.5) is 10.6 Å². The number of rotatable bonds is 5. The number of hydrogen-bond acceptors (Lipinski definition) is 5. The fraction of sp³-hybridized carbons (Fsp3) is 0.733. The summed E-state index contributed by atoms with van der Waals surface area (Å²) < 4.78 is 12.5. The van der Waals surface area contributed by atoms with Crippen LogP contribution in [0.3, 0.4) is 0 Å². The summed E-state index contributed by atoms with van der Waals surface area (Å²) in [5, 5.41) is 10.3. The number of carbonyl (C=O) groups is 1. The molecule has 1 unspecified atom stereocenters. The van der Waals surface area contributed by atoms with Crippen LogP contribution in [0.2, 0.25) is 0 Å². The third-order valence-corrected chi connectivity index (χ3v) is 3.35. The molecule has 2 rings (SSSR count). The molecule has 1 aromatic rings. The number of carbonyl (C=O) groups excluding carboxylic acids is 1. The summed E-state index contributed by atoms with van der Waals surface area (Å²) in [6.07, 6.45) is 3.79. The molecule has 1 aliphatic rings. The lowest BCUT2D eigenvalue weighted by molar-refractivity contribution is 0.0634. The molecule has 7 heteroatoms. The van der Waals surface area contributed by atoms with E-state index in [1.165, 1.54) is 0 Å². The van der Waals surface area contributed by atoms with Crippen molar-refractivity contribution in [3.05, 3.63) is 11.8 Å². The van der Waals surface area contributed by atoms with Gasteiger partial charge in [0.15, 0.2) is 0 Å². The van der Waals surface area contributed by atoms with E-state index in [1.54, 1.807) is 17.9 Å². The topological polar surface area (TPSA) is 77.4 Å². The lowest BCUT2D eigenvalue weighted by Crippen LogP contribution is -2.29. The molecule has 7 nitrogen and oxygen atoms in total. The van der Waals surface area contributed by atoms with Crippen molar-refractivity contribution in [3.8, 4) is 0 Å². The van der Waals surface area contributed by atoms with E-state index < -0.39 is 11.7 Å². The van der Waals surface area contributed by atoms with Crippen molar-refractivity contribution in [2.75, 3.05) is 18.5 Å². The first kappa shape index (κ1) is 16.8. The zero-order valence-corrected chi connectivity index (χ0v) is 13.8. The number of nitrogens with one attached hydrogen (secondary N) is 2. The Bertz CT molecular complexity index is 501. The van der Waals surface area contributed by atoms with Crippen LogP contribution in [-0.2, 0) is 23.1 Å². The summed E-state index contributed by atoms with van der Waals surface area (Å²) in [7, 11) is 1.79. The standard InChI is InChI=1S/C15H26N4O3/c1-15(2,3)22-14(20)18-13-11(9-17-19(13)4)8-16-10-12-6-5-7-21-12/h9,12,16H,5-8,10H2,1-4H3,(H,18,20). The Balaban J connectivity index is 1.88. The molecule has 1 saturated heterocycles. The van der Waals surface area contributed by atoms with Crippen LogP contribution in [0.15, 0.2) is 6.20 Å². The SMILES string of the molecule is Cn1ncc(CNCC2CCCO2)c1NC(=O)OC(C)(C)C. The molecule has 2 heterocycles. The summed E-state index contributed by atoms with van der Waals surface area (Å²) in [6.45, 7) is 7.78. The van der Waals surface area contributed by atoms with Crippen molar-refractivity contribution in [1.29, 1.82) is 0 Å². The van der Waals surface area contributed by atoms with Gasteiger partial charge in [-0.3, -0.25) is 10.00 Å². The number of anilines is 1. The molecular formula is C15H26N4O3. The molecule has 1 amide bonds. The van der Waals surface area contributed by atoms with Gasteiger partial charge in [0, 0.05) is 32.3 Å². The second-order valence-electron chi connectivity index (χ2n) is 6.53. The fourth-order valence-electron chi connectivity index (χ4n) is 2.35. The number of amides is 1. The van der Waals surface area contributed by atoms with E-state index >= 15 is 0 Å². The molecule has 0 spiro atoms. The molecule has 1 fully saturated rings. The molecule has 0 radical (unpaired) electrons. The molecular weight excluding hydrogens is 284 g/mol. The minimum Gasteiger partial charge on any atom is -0.444 e. The summed E-state index contributed by atoms with van der Waals surface area (Å²) in [5.74, 6) is 0.647. The third-order valence-electron chi connectivity index (χ3n) is 3.35. The molecule has 0 bridgehead atoms. The zero-order chi connectivity index (χ0) is 16.2. The van der Waals surface area contributed by atoms with E-state index in [1.807, 2.05) is 20.8 Å². The molecule has 0 aromatic carbocycles. The van der Waals surface area contributed by atoms with Gasteiger partial charge in [-0.1, -0.05) is 0 Å². The van der Waals surface area contributed by atoms with E-state index in [4.69, 9.17) is 9.47 Å². The first-order valence-corrected chi connectivity index (χ1v) is 7.68. The zero-order valence-electron chi connectivity index (χ0n) is 13.8. The van der Waals surface area contributed by atoms with Crippen molar-refractivity contribution < 1.29 is 14.3 Å². The van der Waals surface area contributed by atoms with Gasteiger partial charge in [-0.05, 0) is 33.6 Å². The van der Waals surface area contributed by atoms with Crippen LogP contribution >= 0.6 is 0 Å². The Kier molecular flexibility index (Phi) is 5.42. The Hall–Kier alpha value is -1.60. The summed E-state index contributed by atoms with van der Waals surface area (Å²) in [6, 6.07) is 0. The van der Waals surface area contributed by atoms with E-state index in [0.29, 0.717) is 18.5 Å². The number of aromatic nitrogens is 2. The van der Waals surface area contributed by atoms with Crippen LogP contribution in [0.5, 0.6) is 0 Å². The Morgan fingerprint density at radius 2 is 2.32 bits per heavy atom. The van der Waals surface area contributed by atoms with Gasteiger partial charge in [0.2, 0.25) is 0 Å². The van der Waals surface area contributed by atoms with Gasteiger partial charge in [0.25, 0.3) is 0 Å². The molecule has 0 aliphatic carbocycles. The molecule has 1 aliphatic heterocycles. The van der Waals surface area contributed by atoms with E-state index in [0.717, 1.165) is 31.6 Å². The molecule has 1 atom stereocenters. The first-order valence-electron chi connectivity index (χ1n) is 7.68. The lowest BCUT2D eigenvalue weighted by atomic mass is 10.2. The van der Waals surface area contributed by atoms with Crippen molar-refractivity contribution in [2.45, 2.75) is 51.9 Å². The van der Waals surface area contributed by atoms with E-state index in [-0.39, 0.29) is 0 Å². The second kappa shape index (κ2) is 7.11. The van der Waals surface area contributed by atoms with Gasteiger partial charge in [-0.2, -0.15) is 5.10 Å². The lowest BCUT2D eigenvalue weighted by Gasteiger charge is -2.20. The van der Waals surface area contributed by atoms with Crippen LogP contribution in [-0.4, -0.2) is 40.7 Å². The Labute approximate surface area is 131 Å². The summed E-state index contributed by atoms with van der Waals surface area (Å²) in [4.78, 5) is 11.9. The quantitative estimate of drug-likeness (QED) is 0.870. The van der Waals surface area contributed by atoms with Crippen molar-refractivity contribution in [1.82, 2.24) is 15.1 Å². The minimum atomic E-state index is -0.527. The second-order valence-corrected chi connectivity index (χ2v) is 6.53. The number of aryl methyl sites for hydroxylation is 1. The Morgan fingerprint density at radius 3 is 2.95 bits per heavy atom. The highest BCUT2D eigenvalue weighted by atomic mass is 16.6. The van der Waals surface area contributed by atoms with Crippen molar-refractivity contribution in [3.63, 3.8) is 0 Å². The maximum atomic E-state index is 11.9.